The number of hydrogen-bond acceptors (Lipinski definition) is 4. The van der Waals surface area contributed by atoms with Crippen LogP contribution in [0.25, 0.3) is 11.4 Å². The molecule has 0 bridgehead atoms. The minimum Gasteiger partial charge on any atom is -0.507 e. The molecule has 0 saturated carbocycles. The Hall–Kier alpha value is -2.87. The van der Waals surface area contributed by atoms with Crippen LogP contribution in [0.4, 0.5) is 0 Å². The zero-order chi connectivity index (χ0) is 17.1. The van der Waals surface area contributed by atoms with E-state index in [4.69, 9.17) is 0 Å². The van der Waals surface area contributed by atoms with Gasteiger partial charge in [-0.05, 0) is 36.4 Å². The van der Waals surface area contributed by atoms with Crippen LogP contribution in [0.5, 0.6) is 5.75 Å². The van der Waals surface area contributed by atoms with E-state index in [0.29, 0.717) is 17.0 Å². The average Bonchev–Trinajstić information content (AvgIpc) is 3.19. The quantitative estimate of drug-likeness (QED) is 0.474. The van der Waals surface area contributed by atoms with Crippen molar-refractivity contribution in [3.63, 3.8) is 0 Å². The number of halogens is 1. The maximum Gasteiger partial charge on any atom is 0.289 e. The molecule has 1 aromatic carbocycles. The number of aryl methyl sites for hydroxylation is 1. The fourth-order valence-corrected chi connectivity index (χ4v) is 2.52. The second kappa shape index (κ2) is 6.71. The first kappa shape index (κ1) is 16.0. The van der Waals surface area contributed by atoms with Crippen LogP contribution in [-0.4, -0.2) is 32.0 Å². The Kier molecular flexibility index (Phi) is 4.48. The summed E-state index contributed by atoms with van der Waals surface area (Å²) in [5.41, 5.74) is 4.74. The maximum atomic E-state index is 12.1. The molecule has 8 heteroatoms. The molecule has 0 atom stereocenters. The number of aromatic nitrogens is 3. The van der Waals surface area contributed by atoms with Crippen LogP contribution >= 0.6 is 15.9 Å². The van der Waals surface area contributed by atoms with E-state index in [9.17, 15) is 9.90 Å². The zero-order valence-electron chi connectivity index (χ0n) is 12.7. The van der Waals surface area contributed by atoms with Gasteiger partial charge in [-0.15, -0.1) is 0 Å². The molecule has 0 spiro atoms. The molecular formula is C16H14BrN5O2. The second-order valence-electron chi connectivity index (χ2n) is 5.07. The first-order valence-corrected chi connectivity index (χ1v) is 7.83. The van der Waals surface area contributed by atoms with Crippen LogP contribution in [0.15, 0.2) is 52.2 Å². The molecule has 0 aliphatic rings. The van der Waals surface area contributed by atoms with E-state index in [0.717, 1.165) is 10.2 Å². The number of nitrogens with one attached hydrogen (secondary N) is 2. The lowest BCUT2D eigenvalue weighted by Gasteiger charge is -1.99. The molecule has 24 heavy (non-hydrogen) atoms. The number of benzene rings is 1. The highest BCUT2D eigenvalue weighted by Crippen LogP contribution is 2.20. The summed E-state index contributed by atoms with van der Waals surface area (Å²) < 4.78 is 2.71. The van der Waals surface area contributed by atoms with Crippen molar-refractivity contribution in [1.82, 2.24) is 20.2 Å². The molecule has 3 rings (SSSR count). The summed E-state index contributed by atoms with van der Waals surface area (Å²) in [5.74, 6) is -0.350. The summed E-state index contributed by atoms with van der Waals surface area (Å²) in [6.07, 6.45) is 3.27. The lowest BCUT2D eigenvalue weighted by Crippen LogP contribution is -2.18. The van der Waals surface area contributed by atoms with Gasteiger partial charge in [0.05, 0.1) is 11.9 Å². The summed E-state index contributed by atoms with van der Waals surface area (Å²) in [4.78, 5) is 12.1. The van der Waals surface area contributed by atoms with Gasteiger partial charge in [-0.2, -0.15) is 10.2 Å². The molecule has 0 unspecified atom stereocenters. The van der Waals surface area contributed by atoms with Crippen LogP contribution in [-0.2, 0) is 7.05 Å². The second-order valence-corrected chi connectivity index (χ2v) is 5.99. The number of nitrogens with zero attached hydrogens (tertiary/aromatic N) is 3. The number of H-pyrrole nitrogens is 1. The number of aromatic amines is 1. The SMILES string of the molecule is Cn1cccc1-c1cc(C(=O)NN=Cc2cc(Br)ccc2O)[nH]n1. The number of hydrazone groups is 1. The van der Waals surface area contributed by atoms with E-state index in [1.54, 1.807) is 18.2 Å². The van der Waals surface area contributed by atoms with Crippen molar-refractivity contribution < 1.29 is 9.90 Å². The van der Waals surface area contributed by atoms with Crippen molar-refractivity contribution in [1.29, 1.82) is 0 Å². The van der Waals surface area contributed by atoms with Gasteiger partial charge in [0.1, 0.15) is 17.1 Å². The van der Waals surface area contributed by atoms with Crippen LogP contribution < -0.4 is 5.43 Å². The zero-order valence-corrected chi connectivity index (χ0v) is 14.3. The minimum atomic E-state index is -0.423. The summed E-state index contributed by atoms with van der Waals surface area (Å²) in [7, 11) is 1.90. The van der Waals surface area contributed by atoms with Crippen molar-refractivity contribution in [2.24, 2.45) is 12.1 Å². The van der Waals surface area contributed by atoms with Gasteiger partial charge >= 0.3 is 0 Å². The molecule has 0 aliphatic carbocycles. The standard InChI is InChI=1S/C16H14BrN5O2/c1-22-6-2-3-14(22)12-8-13(20-19-12)16(24)21-18-9-10-7-11(17)4-5-15(10)23/h2-9,23H,1H3,(H,19,20)(H,21,24). The van der Waals surface area contributed by atoms with E-state index in [1.807, 2.05) is 29.9 Å². The molecule has 0 radical (unpaired) electrons. The monoisotopic (exact) mass is 387 g/mol. The van der Waals surface area contributed by atoms with Gasteiger partial charge in [-0.25, -0.2) is 5.43 Å². The normalized spacial score (nSPS) is 11.1. The van der Waals surface area contributed by atoms with E-state index in [-0.39, 0.29) is 5.75 Å². The highest BCUT2D eigenvalue weighted by molar-refractivity contribution is 9.10. The molecule has 1 amide bonds. The van der Waals surface area contributed by atoms with E-state index in [1.165, 1.54) is 12.3 Å². The summed E-state index contributed by atoms with van der Waals surface area (Å²) in [6, 6.07) is 10.4. The molecule has 2 aromatic heterocycles. The molecule has 0 saturated heterocycles. The number of phenolic OH excluding ortho intramolecular Hbond substituents is 1. The first-order chi connectivity index (χ1) is 11.5. The predicted molar refractivity (Wildman–Crippen MR) is 93.9 cm³/mol. The fraction of sp³-hybridized carbons (Fsp3) is 0.0625. The van der Waals surface area contributed by atoms with E-state index < -0.39 is 5.91 Å². The largest absolute Gasteiger partial charge is 0.507 e. The molecule has 3 N–H and O–H groups in total. The van der Waals surface area contributed by atoms with Crippen LogP contribution in [0.2, 0.25) is 0 Å². The third-order valence-electron chi connectivity index (χ3n) is 3.39. The fourth-order valence-electron chi connectivity index (χ4n) is 2.15. The number of phenols is 1. The van der Waals surface area contributed by atoms with Crippen molar-refractivity contribution in [2.45, 2.75) is 0 Å². The lowest BCUT2D eigenvalue weighted by molar-refractivity contribution is 0.0950. The first-order valence-electron chi connectivity index (χ1n) is 7.03. The Morgan fingerprint density at radius 1 is 1.42 bits per heavy atom. The van der Waals surface area contributed by atoms with Crippen LogP contribution in [0.3, 0.4) is 0 Å². The molecule has 0 aliphatic heterocycles. The molecule has 122 valence electrons. The van der Waals surface area contributed by atoms with Gasteiger partial charge in [0.15, 0.2) is 0 Å². The molecule has 7 nitrogen and oxygen atoms in total. The van der Waals surface area contributed by atoms with Crippen LogP contribution in [0.1, 0.15) is 16.1 Å². The molecule has 2 heterocycles. The Morgan fingerprint density at radius 2 is 2.25 bits per heavy atom. The van der Waals surface area contributed by atoms with E-state index in [2.05, 4.69) is 36.7 Å². The van der Waals surface area contributed by atoms with Gasteiger partial charge in [-0.3, -0.25) is 9.89 Å². The number of amides is 1. The number of carbonyl (C=O) groups excluding carboxylic acids is 1. The molecule has 3 aromatic rings. The van der Waals surface area contributed by atoms with Crippen molar-refractivity contribution in [3.05, 3.63) is 58.3 Å². The van der Waals surface area contributed by atoms with E-state index >= 15 is 0 Å². The minimum absolute atomic E-state index is 0.0729. The van der Waals surface area contributed by atoms with Crippen molar-refractivity contribution in [3.8, 4) is 17.1 Å². The number of carbonyl (C=O) groups is 1. The van der Waals surface area contributed by atoms with Crippen LogP contribution in [0, 0.1) is 0 Å². The van der Waals surface area contributed by atoms with Gasteiger partial charge < -0.3 is 9.67 Å². The number of hydrogen-bond donors (Lipinski definition) is 3. The molecular weight excluding hydrogens is 374 g/mol. The maximum absolute atomic E-state index is 12.1. The molecule has 0 fully saturated rings. The summed E-state index contributed by atoms with van der Waals surface area (Å²) in [6.45, 7) is 0. The Bertz CT molecular complexity index is 913. The predicted octanol–water partition coefficient (Wildman–Crippen LogP) is 2.65. The number of rotatable bonds is 4. The Balaban J connectivity index is 1.70. The summed E-state index contributed by atoms with van der Waals surface area (Å²) >= 11 is 3.31. The number of aromatic hydroxyl groups is 1. The smallest absolute Gasteiger partial charge is 0.289 e. The Morgan fingerprint density at radius 3 is 3.00 bits per heavy atom. The van der Waals surface area contributed by atoms with Gasteiger partial charge in [0.25, 0.3) is 5.91 Å². The van der Waals surface area contributed by atoms with Gasteiger partial charge in [0.2, 0.25) is 0 Å². The van der Waals surface area contributed by atoms with Gasteiger partial charge in [-0.1, -0.05) is 15.9 Å². The highest BCUT2D eigenvalue weighted by atomic mass is 79.9. The third-order valence-corrected chi connectivity index (χ3v) is 3.88. The third kappa shape index (κ3) is 3.38. The highest BCUT2D eigenvalue weighted by Gasteiger charge is 2.11. The average molecular weight is 388 g/mol. The topological polar surface area (TPSA) is 95.3 Å². The van der Waals surface area contributed by atoms with Crippen molar-refractivity contribution in [2.75, 3.05) is 0 Å². The summed E-state index contributed by atoms with van der Waals surface area (Å²) in [5, 5.41) is 20.4. The Labute approximate surface area is 146 Å². The lowest BCUT2D eigenvalue weighted by atomic mass is 10.2. The van der Waals surface area contributed by atoms with Gasteiger partial charge in [0, 0.05) is 23.3 Å². The van der Waals surface area contributed by atoms with Crippen molar-refractivity contribution >= 4 is 28.1 Å².